The molecule has 4 saturated carbocycles. The van der Waals surface area contributed by atoms with Crippen molar-refractivity contribution in [2.45, 2.75) is 97.2 Å². The molecule has 4 aliphatic carbocycles. The number of ether oxygens (including phenoxy) is 1. The number of esters is 1. The van der Waals surface area contributed by atoms with Crippen LogP contribution in [0.25, 0.3) is 0 Å². The highest BCUT2D eigenvalue weighted by molar-refractivity contribution is 5.80. The summed E-state index contributed by atoms with van der Waals surface area (Å²) in [6.45, 7) is 11.2. The molecule has 5 fully saturated rings. The normalized spacial score (nSPS) is 56.4. The Bertz CT molecular complexity index is 760. The van der Waals surface area contributed by atoms with Gasteiger partial charge in [-0.15, -0.1) is 0 Å². The number of hydrogen-bond donors (Lipinski definition) is 1. The lowest BCUT2D eigenvalue weighted by atomic mass is 9.45. The van der Waals surface area contributed by atoms with Crippen LogP contribution in [0.3, 0.4) is 0 Å². The van der Waals surface area contributed by atoms with Gasteiger partial charge in [0.05, 0.1) is 5.60 Å². The highest BCUT2D eigenvalue weighted by Gasteiger charge is 2.78. The lowest BCUT2D eigenvalue weighted by molar-refractivity contribution is -0.204. The smallest absolute Gasteiger partial charge is 0.306 e. The molecule has 1 spiro atoms. The second-order valence-electron chi connectivity index (χ2n) is 12.0. The number of carbonyl (C=O) groups is 2. The molecule has 1 aliphatic heterocycles. The quantitative estimate of drug-likeness (QED) is 0.690. The van der Waals surface area contributed by atoms with Gasteiger partial charge in [0.15, 0.2) is 0 Å². The average Bonchev–Trinajstić information content (AvgIpc) is 3.27. The first-order valence-electron chi connectivity index (χ1n) is 12.0. The van der Waals surface area contributed by atoms with Crippen LogP contribution in [0.5, 0.6) is 0 Å². The van der Waals surface area contributed by atoms with Crippen LogP contribution < -0.4 is 0 Å². The molecule has 1 N–H and O–H groups in total. The first kappa shape index (κ1) is 20.0. The Labute approximate surface area is 175 Å². The molecule has 1 saturated heterocycles. The molecule has 0 bridgehead atoms. The van der Waals surface area contributed by atoms with Gasteiger partial charge in [-0.2, -0.15) is 0 Å². The molecule has 0 aromatic carbocycles. The van der Waals surface area contributed by atoms with E-state index in [4.69, 9.17) is 4.74 Å². The van der Waals surface area contributed by atoms with E-state index in [9.17, 15) is 14.7 Å². The highest BCUT2D eigenvalue weighted by Crippen LogP contribution is 2.78. The predicted molar refractivity (Wildman–Crippen MR) is 110 cm³/mol. The lowest BCUT2D eigenvalue weighted by Gasteiger charge is -2.61. The summed E-state index contributed by atoms with van der Waals surface area (Å²) >= 11 is 0. The van der Waals surface area contributed by atoms with Crippen molar-refractivity contribution in [3.63, 3.8) is 0 Å². The van der Waals surface area contributed by atoms with E-state index in [-0.39, 0.29) is 34.1 Å². The summed E-state index contributed by atoms with van der Waals surface area (Å²) in [5, 5.41) is 11.8. The van der Waals surface area contributed by atoms with Gasteiger partial charge in [-0.1, -0.05) is 34.6 Å². The van der Waals surface area contributed by atoms with Gasteiger partial charge in [-0.3, -0.25) is 9.59 Å². The Morgan fingerprint density at radius 1 is 1.03 bits per heavy atom. The minimum atomic E-state index is -0.923. The van der Waals surface area contributed by atoms with Crippen LogP contribution in [-0.2, 0) is 14.3 Å². The molecule has 4 heteroatoms. The van der Waals surface area contributed by atoms with Crippen molar-refractivity contribution in [3.8, 4) is 0 Å². The topological polar surface area (TPSA) is 63.6 Å². The molecule has 162 valence electrons. The second-order valence-corrected chi connectivity index (χ2v) is 12.0. The van der Waals surface area contributed by atoms with Gasteiger partial charge in [0, 0.05) is 36.0 Å². The van der Waals surface area contributed by atoms with Crippen LogP contribution in [0.2, 0.25) is 0 Å². The third-order valence-electron chi connectivity index (χ3n) is 10.9. The van der Waals surface area contributed by atoms with E-state index >= 15 is 0 Å². The molecule has 0 radical (unpaired) electrons. The SMILES string of the molecule is CC1C2[C@@H]3CC3[C@@]3(CCC(=O)O3)[C@@]2(C)CCC1[C@@]1(C)CCC(=O)C[C@@]1(O)C(C)C. The van der Waals surface area contributed by atoms with Gasteiger partial charge in [-0.25, -0.2) is 0 Å². The lowest BCUT2D eigenvalue weighted by Crippen LogP contribution is -2.62. The summed E-state index contributed by atoms with van der Waals surface area (Å²) in [5.41, 5.74) is -1.31. The number of rotatable bonds is 2. The summed E-state index contributed by atoms with van der Waals surface area (Å²) in [5.74, 6) is 2.95. The predicted octanol–water partition coefficient (Wildman–Crippen LogP) is 4.53. The van der Waals surface area contributed by atoms with Crippen LogP contribution in [0.4, 0.5) is 0 Å². The molecule has 1 heterocycles. The van der Waals surface area contributed by atoms with E-state index in [0.717, 1.165) is 25.7 Å². The minimum absolute atomic E-state index is 0.000704. The van der Waals surface area contributed by atoms with E-state index in [2.05, 4.69) is 34.6 Å². The van der Waals surface area contributed by atoms with Gasteiger partial charge in [0.1, 0.15) is 11.4 Å². The fourth-order valence-corrected chi connectivity index (χ4v) is 9.37. The maximum Gasteiger partial charge on any atom is 0.306 e. The minimum Gasteiger partial charge on any atom is -0.458 e. The molecule has 29 heavy (non-hydrogen) atoms. The number of carbonyl (C=O) groups excluding carboxylic acids is 2. The molecular formula is C25H38O4. The monoisotopic (exact) mass is 402 g/mol. The molecule has 5 rings (SSSR count). The number of hydrogen-bond acceptors (Lipinski definition) is 4. The van der Waals surface area contributed by atoms with Crippen molar-refractivity contribution >= 4 is 11.8 Å². The highest BCUT2D eigenvalue weighted by atomic mass is 16.6. The maximum absolute atomic E-state index is 12.3. The zero-order valence-corrected chi connectivity index (χ0v) is 18.8. The third kappa shape index (κ3) is 2.25. The van der Waals surface area contributed by atoms with Crippen LogP contribution in [0.1, 0.15) is 86.0 Å². The summed E-state index contributed by atoms with van der Waals surface area (Å²) in [7, 11) is 0. The molecule has 9 atom stereocenters. The number of fused-ring (bicyclic) bond motifs is 5. The summed E-state index contributed by atoms with van der Waals surface area (Å²) in [6.07, 6.45) is 6.53. The van der Waals surface area contributed by atoms with Crippen LogP contribution in [-0.4, -0.2) is 28.1 Å². The molecular weight excluding hydrogens is 364 g/mol. The molecule has 4 nitrogen and oxygen atoms in total. The zero-order chi connectivity index (χ0) is 21.0. The Balaban J connectivity index is 1.50. The maximum atomic E-state index is 12.3. The van der Waals surface area contributed by atoms with Crippen LogP contribution >= 0.6 is 0 Å². The van der Waals surface area contributed by atoms with Gasteiger partial charge < -0.3 is 9.84 Å². The number of aliphatic hydroxyl groups is 1. The van der Waals surface area contributed by atoms with Gasteiger partial charge in [0.25, 0.3) is 0 Å². The van der Waals surface area contributed by atoms with Gasteiger partial charge >= 0.3 is 5.97 Å². The zero-order valence-electron chi connectivity index (χ0n) is 18.8. The Morgan fingerprint density at radius 3 is 2.38 bits per heavy atom. The van der Waals surface area contributed by atoms with Crippen molar-refractivity contribution in [1.82, 2.24) is 0 Å². The van der Waals surface area contributed by atoms with Crippen molar-refractivity contribution in [1.29, 1.82) is 0 Å². The summed E-state index contributed by atoms with van der Waals surface area (Å²) in [4.78, 5) is 24.5. The Hall–Kier alpha value is -0.900. The van der Waals surface area contributed by atoms with E-state index in [1.54, 1.807) is 0 Å². The standard InChI is InChI=1S/C25H38O4/c1-14(2)24(28)13-16(26)6-9-22(24,4)18-7-10-23(5)21(15(18)3)17-12-19(17)25(23)11-8-20(27)29-25/h14-15,17-19,21,28H,6-13H2,1-5H3/t15?,17-,18?,19?,21?,22-,23+,24-,25+/m1/s1. The van der Waals surface area contributed by atoms with E-state index in [1.165, 1.54) is 6.42 Å². The average molecular weight is 403 g/mol. The molecule has 0 amide bonds. The third-order valence-corrected chi connectivity index (χ3v) is 10.9. The van der Waals surface area contributed by atoms with E-state index in [1.807, 2.05) is 0 Å². The number of Topliss-reactive ketones (excluding diaryl/α,β-unsaturated/α-hetero) is 1. The Morgan fingerprint density at radius 2 is 1.76 bits per heavy atom. The van der Waals surface area contributed by atoms with Gasteiger partial charge in [-0.05, 0) is 61.7 Å². The fourth-order valence-electron chi connectivity index (χ4n) is 9.37. The fraction of sp³-hybridized carbons (Fsp3) is 0.920. The van der Waals surface area contributed by atoms with Crippen molar-refractivity contribution in [2.75, 3.05) is 0 Å². The number of ketones is 1. The molecule has 0 aromatic rings. The molecule has 4 unspecified atom stereocenters. The van der Waals surface area contributed by atoms with E-state index < -0.39 is 5.60 Å². The first-order valence-corrected chi connectivity index (χ1v) is 12.0. The van der Waals surface area contributed by atoms with Crippen LogP contribution in [0, 0.1) is 46.3 Å². The summed E-state index contributed by atoms with van der Waals surface area (Å²) in [6, 6.07) is 0. The van der Waals surface area contributed by atoms with Gasteiger partial charge in [0.2, 0.25) is 0 Å². The second kappa shape index (κ2) is 5.87. The van der Waals surface area contributed by atoms with Crippen LogP contribution in [0.15, 0.2) is 0 Å². The van der Waals surface area contributed by atoms with Crippen molar-refractivity contribution < 1.29 is 19.4 Å². The molecule has 5 aliphatic rings. The summed E-state index contributed by atoms with van der Waals surface area (Å²) < 4.78 is 6.15. The molecule has 0 aromatic heterocycles. The largest absolute Gasteiger partial charge is 0.458 e. The van der Waals surface area contributed by atoms with Crippen molar-refractivity contribution in [3.05, 3.63) is 0 Å². The van der Waals surface area contributed by atoms with E-state index in [0.29, 0.717) is 48.9 Å². The first-order chi connectivity index (χ1) is 13.5. The van der Waals surface area contributed by atoms with Crippen molar-refractivity contribution in [2.24, 2.45) is 46.3 Å². The Kier molecular flexibility index (Phi) is 4.05.